The molecule has 4 unspecified atom stereocenters. The van der Waals surface area contributed by atoms with Gasteiger partial charge in [0.05, 0.1) is 57.2 Å². The zero-order valence-electron chi connectivity index (χ0n) is 39.9. The molecule has 6 aromatic carbocycles. The molecule has 76 heavy (non-hydrogen) atoms. The van der Waals surface area contributed by atoms with Crippen molar-refractivity contribution in [3.05, 3.63) is 236 Å². The number of carbonyl (C=O) groups excluding carboxylic acids is 5. The van der Waals surface area contributed by atoms with Gasteiger partial charge in [-0.1, -0.05) is 85.0 Å². The van der Waals surface area contributed by atoms with Gasteiger partial charge < -0.3 is 30.6 Å². The lowest BCUT2D eigenvalue weighted by atomic mass is 9.96. The number of rotatable bonds is 10. The standard InChI is InChI=1S/C61H42N4O11/c66-51(33-9-19-39-45(27-33)56(71)62(54(39)69)35-11-1-29(2-12-35)25-31-5-15-37(16-6-31)64-58(73)47-41-21-22-42(52(41)67)48(47)59(64)74)34-10-20-40-46(28-34)57(72)63(55(40)70)36-13-3-30(4-14-36)26-32-7-17-38(18-8-32)65-60(75)49-43-23-24-44(53(43)68)50(49)61(65)76/h1-24,27-28,41-44,52-53,67-68,73-76H,25-26H2. The lowest BCUT2D eigenvalue weighted by Gasteiger charge is -2.15. The largest absolute Gasteiger partial charge is 0.494 e. The number of carbonyl (C=O) groups is 5. The monoisotopic (exact) mass is 1010 g/mol. The van der Waals surface area contributed by atoms with Crippen molar-refractivity contribution in [2.45, 2.75) is 48.7 Å². The molecule has 4 bridgehead atoms. The first kappa shape index (κ1) is 45.1. The van der Waals surface area contributed by atoms with Crippen molar-refractivity contribution in [2.75, 3.05) is 9.80 Å². The number of amides is 4. The third-order valence-corrected chi connectivity index (χ3v) is 16.1. The number of nitrogens with zero attached hydrogens (tertiary/aromatic N) is 4. The molecule has 372 valence electrons. The summed E-state index contributed by atoms with van der Waals surface area (Å²) in [5, 5.41) is 65.2. The van der Waals surface area contributed by atoms with Crippen molar-refractivity contribution in [2.24, 2.45) is 0 Å². The number of aromatic nitrogens is 2. The van der Waals surface area contributed by atoms with Gasteiger partial charge in [0.15, 0.2) is 5.78 Å². The van der Waals surface area contributed by atoms with Gasteiger partial charge in [0.2, 0.25) is 23.5 Å². The van der Waals surface area contributed by atoms with Gasteiger partial charge in [0.1, 0.15) is 0 Å². The first-order valence-electron chi connectivity index (χ1n) is 24.8. The first-order valence-corrected chi connectivity index (χ1v) is 24.8. The number of ketones is 1. The van der Waals surface area contributed by atoms with Gasteiger partial charge in [-0.15, -0.1) is 0 Å². The Bertz CT molecular complexity index is 3650. The molecule has 15 heteroatoms. The van der Waals surface area contributed by atoms with Crippen LogP contribution in [-0.4, -0.2) is 81.4 Å². The van der Waals surface area contributed by atoms with Gasteiger partial charge in [0, 0.05) is 57.1 Å². The highest BCUT2D eigenvalue weighted by atomic mass is 16.3. The smallest absolute Gasteiger partial charge is 0.266 e. The van der Waals surface area contributed by atoms with E-state index in [0.29, 0.717) is 57.8 Å². The van der Waals surface area contributed by atoms with E-state index in [1.54, 1.807) is 48.5 Å². The highest BCUT2D eigenvalue weighted by Gasteiger charge is 2.49. The van der Waals surface area contributed by atoms with Gasteiger partial charge in [-0.2, -0.15) is 0 Å². The number of aromatic hydroxyl groups is 4. The number of fused-ring (bicyclic) bond motifs is 12. The molecule has 14 rings (SSSR count). The maximum Gasteiger partial charge on any atom is 0.266 e. The summed E-state index contributed by atoms with van der Waals surface area (Å²) >= 11 is 0. The molecule has 0 saturated heterocycles. The van der Waals surface area contributed by atoms with E-state index in [9.17, 15) is 54.6 Å². The van der Waals surface area contributed by atoms with Crippen molar-refractivity contribution in [1.82, 2.24) is 9.13 Å². The van der Waals surface area contributed by atoms with Crippen LogP contribution in [0.25, 0.3) is 11.4 Å². The summed E-state index contributed by atoms with van der Waals surface area (Å²) in [7, 11) is 0. The minimum atomic E-state index is -0.695. The van der Waals surface area contributed by atoms with Crippen LogP contribution in [0.4, 0.5) is 11.4 Å². The molecule has 4 heterocycles. The normalized spacial score (nSPS) is 21.1. The van der Waals surface area contributed by atoms with Gasteiger partial charge in [-0.3, -0.25) is 33.1 Å². The highest BCUT2D eigenvalue weighted by molar-refractivity contribution is 6.36. The molecule has 4 atom stereocenters. The van der Waals surface area contributed by atoms with Crippen molar-refractivity contribution in [3.8, 4) is 34.9 Å². The molecule has 6 aliphatic rings. The Labute approximate surface area is 432 Å². The summed E-state index contributed by atoms with van der Waals surface area (Å²) in [6.45, 7) is 0. The van der Waals surface area contributed by atoms with Crippen LogP contribution in [0.1, 0.15) is 126 Å². The van der Waals surface area contributed by atoms with E-state index in [-0.39, 0.29) is 80.6 Å². The van der Waals surface area contributed by atoms with Crippen molar-refractivity contribution in [1.29, 1.82) is 0 Å². The second-order valence-electron chi connectivity index (χ2n) is 20.2. The number of aliphatic hydroxyl groups excluding tert-OH is 2. The molecular weight excluding hydrogens is 965 g/mol. The predicted octanol–water partition coefficient (Wildman–Crippen LogP) is 8.33. The fourth-order valence-electron chi connectivity index (χ4n) is 12.3. The van der Waals surface area contributed by atoms with Crippen molar-refractivity contribution >= 4 is 40.8 Å². The minimum Gasteiger partial charge on any atom is -0.494 e. The van der Waals surface area contributed by atoms with Gasteiger partial charge in [-0.05, 0) is 108 Å². The average molecular weight is 1010 g/mol. The lowest BCUT2D eigenvalue weighted by Crippen LogP contribution is -2.29. The number of hydrogen-bond acceptors (Lipinski definition) is 11. The Morgan fingerprint density at radius 1 is 0.368 bits per heavy atom. The quantitative estimate of drug-likeness (QED) is 0.0434. The molecule has 6 N–H and O–H groups in total. The summed E-state index contributed by atoms with van der Waals surface area (Å²) in [6, 6.07) is 37.2. The zero-order chi connectivity index (χ0) is 52.2. The Balaban J connectivity index is 0.626. The van der Waals surface area contributed by atoms with Crippen LogP contribution in [0.5, 0.6) is 23.5 Å². The van der Waals surface area contributed by atoms with E-state index in [4.69, 9.17) is 0 Å². The molecule has 15 nitrogen and oxygen atoms in total. The Morgan fingerprint density at radius 2 is 0.645 bits per heavy atom. The summed E-state index contributed by atoms with van der Waals surface area (Å²) in [6.07, 6.45) is 7.04. The highest BCUT2D eigenvalue weighted by Crippen LogP contribution is 2.58. The zero-order valence-corrected chi connectivity index (χ0v) is 39.9. The lowest BCUT2D eigenvalue weighted by molar-refractivity contribution is 0.0910. The van der Waals surface area contributed by atoms with Gasteiger partial charge in [-0.25, -0.2) is 9.80 Å². The number of aliphatic hydroxyl groups is 2. The molecule has 0 saturated carbocycles. The average Bonchev–Trinajstić information content (AvgIpc) is 4.49. The van der Waals surface area contributed by atoms with E-state index in [2.05, 4.69) is 0 Å². The summed E-state index contributed by atoms with van der Waals surface area (Å²) < 4.78 is 2.77. The maximum absolute atomic E-state index is 14.0. The second-order valence-corrected chi connectivity index (χ2v) is 20.2. The molecule has 8 aromatic rings. The molecule has 0 radical (unpaired) electrons. The van der Waals surface area contributed by atoms with Gasteiger partial charge >= 0.3 is 0 Å². The van der Waals surface area contributed by atoms with Gasteiger partial charge in [0.25, 0.3) is 23.6 Å². The summed E-state index contributed by atoms with van der Waals surface area (Å²) in [5.41, 5.74) is 8.26. The van der Waals surface area contributed by atoms with Crippen LogP contribution in [0.3, 0.4) is 0 Å². The van der Waals surface area contributed by atoms with Crippen LogP contribution >= 0.6 is 0 Å². The second kappa shape index (κ2) is 16.2. The summed E-state index contributed by atoms with van der Waals surface area (Å²) in [5.74, 6) is -4.62. The molecule has 2 aliphatic heterocycles. The maximum atomic E-state index is 14.0. The molecular formula is C61H42N4O11. The van der Waals surface area contributed by atoms with Crippen molar-refractivity contribution in [3.63, 3.8) is 0 Å². The van der Waals surface area contributed by atoms with Crippen LogP contribution in [0.15, 0.2) is 158 Å². The van der Waals surface area contributed by atoms with Crippen LogP contribution < -0.4 is 9.80 Å². The Kier molecular flexibility index (Phi) is 9.62. The van der Waals surface area contributed by atoms with Crippen molar-refractivity contribution < 1.29 is 54.6 Å². The summed E-state index contributed by atoms with van der Waals surface area (Å²) in [4.78, 5) is 71.2. The topological polar surface area (TPSA) is 223 Å². The van der Waals surface area contributed by atoms with Crippen LogP contribution in [0.2, 0.25) is 0 Å². The van der Waals surface area contributed by atoms with Crippen LogP contribution in [0, 0.1) is 0 Å². The van der Waals surface area contributed by atoms with E-state index >= 15 is 0 Å². The van der Waals surface area contributed by atoms with E-state index in [0.717, 1.165) is 32.1 Å². The minimum absolute atomic E-state index is 0.0518. The molecule has 0 fully saturated rings. The predicted molar refractivity (Wildman–Crippen MR) is 277 cm³/mol. The molecule has 2 aromatic heterocycles. The molecule has 0 spiro atoms. The first-order chi connectivity index (χ1) is 36.7. The molecule has 4 amide bonds. The fraction of sp³-hybridized carbons (Fsp3) is 0.131. The number of anilines is 2. The van der Waals surface area contributed by atoms with Crippen LogP contribution in [-0.2, 0) is 12.8 Å². The SMILES string of the molecule is O=C(c1ccc2c(c1)C(=O)N(c1ccc(Cc3ccc(-n4c(O)c5c(c4O)C4C=CC5C4O)cc3)cc1)C2=O)c1ccc2c(c1)C(=O)N(c1ccc(Cc3ccc(-n4c(O)c5c(c4O)C4C=CC5C4O)cc3)cc1)C2=O. The van der Waals surface area contributed by atoms with E-state index in [1.165, 1.54) is 45.5 Å². The van der Waals surface area contributed by atoms with E-state index in [1.807, 2.05) is 72.8 Å². The number of imide groups is 2. The third kappa shape index (κ3) is 6.33. The molecule has 4 aliphatic carbocycles. The Hall–Kier alpha value is -9.57. The number of hydrogen-bond donors (Lipinski definition) is 6. The third-order valence-electron chi connectivity index (χ3n) is 16.1. The fourth-order valence-corrected chi connectivity index (χ4v) is 12.3. The van der Waals surface area contributed by atoms with E-state index < -0.39 is 41.6 Å². The number of benzene rings is 6. The Morgan fingerprint density at radius 3 is 0.947 bits per heavy atom.